The van der Waals surface area contributed by atoms with Crippen molar-refractivity contribution < 1.29 is 9.53 Å². The van der Waals surface area contributed by atoms with Crippen molar-refractivity contribution in [2.45, 2.75) is 32.4 Å². The molecule has 0 spiro atoms. The zero-order chi connectivity index (χ0) is 14.6. The Labute approximate surface area is 126 Å². The van der Waals surface area contributed by atoms with E-state index < -0.39 is 11.7 Å². The molecule has 1 unspecified atom stereocenters. The maximum atomic E-state index is 11.5. The molecule has 0 fully saturated rings. The number of carbonyl (C=O) groups is 1. The van der Waals surface area contributed by atoms with Crippen LogP contribution in [0.1, 0.15) is 32.4 Å². The Bertz CT molecular complexity index is 460. The van der Waals surface area contributed by atoms with Crippen molar-refractivity contribution in [1.82, 2.24) is 5.32 Å². The van der Waals surface area contributed by atoms with E-state index in [-0.39, 0.29) is 12.6 Å². The molecule has 1 amide bonds. The third kappa shape index (κ3) is 5.80. The highest BCUT2D eigenvalue weighted by Crippen LogP contribution is 2.25. The lowest BCUT2D eigenvalue weighted by molar-refractivity contribution is 0.0524. The molecule has 1 aromatic carbocycles. The number of nitrogens with two attached hydrogens (primary N) is 1. The van der Waals surface area contributed by atoms with Gasteiger partial charge in [-0.05, 0) is 44.5 Å². The van der Waals surface area contributed by atoms with E-state index in [1.807, 2.05) is 6.07 Å². The molecular weight excluding hydrogens is 332 g/mol. The topological polar surface area (TPSA) is 64.3 Å². The lowest BCUT2D eigenvalue weighted by Gasteiger charge is -2.21. The molecule has 0 aromatic heterocycles. The molecule has 0 aliphatic heterocycles. The number of carbonyl (C=O) groups excluding carboxylic acids is 1. The molecule has 3 N–H and O–H groups in total. The van der Waals surface area contributed by atoms with Crippen molar-refractivity contribution in [3.8, 4) is 0 Å². The van der Waals surface area contributed by atoms with Gasteiger partial charge < -0.3 is 15.8 Å². The minimum Gasteiger partial charge on any atom is -0.444 e. The molecule has 0 radical (unpaired) electrons. The fourth-order valence-corrected chi connectivity index (χ4v) is 2.14. The maximum Gasteiger partial charge on any atom is 0.407 e. The molecule has 0 heterocycles. The van der Waals surface area contributed by atoms with E-state index in [2.05, 4.69) is 21.2 Å². The van der Waals surface area contributed by atoms with E-state index in [1.54, 1.807) is 32.9 Å². The first-order valence-electron chi connectivity index (χ1n) is 5.86. The van der Waals surface area contributed by atoms with Crippen molar-refractivity contribution in [1.29, 1.82) is 0 Å². The number of amides is 1. The number of halogens is 2. The van der Waals surface area contributed by atoms with E-state index in [4.69, 9.17) is 22.1 Å². The molecule has 0 bridgehead atoms. The van der Waals surface area contributed by atoms with Crippen LogP contribution in [0.2, 0.25) is 5.02 Å². The summed E-state index contributed by atoms with van der Waals surface area (Å²) in [4.78, 5) is 11.5. The second-order valence-electron chi connectivity index (χ2n) is 5.16. The minimum atomic E-state index is -0.523. The van der Waals surface area contributed by atoms with E-state index >= 15 is 0 Å². The summed E-state index contributed by atoms with van der Waals surface area (Å²) in [7, 11) is 0. The molecule has 1 atom stereocenters. The summed E-state index contributed by atoms with van der Waals surface area (Å²) >= 11 is 9.33. The Hall–Kier alpha value is -0.780. The van der Waals surface area contributed by atoms with Gasteiger partial charge in [-0.2, -0.15) is 0 Å². The largest absolute Gasteiger partial charge is 0.444 e. The SMILES string of the molecule is CC(C)(C)OC(=O)NCC(N)c1cc(Cl)ccc1Br. The fraction of sp³-hybridized carbons (Fsp3) is 0.462. The number of benzene rings is 1. The average molecular weight is 350 g/mol. The Kier molecular flexibility index (Phi) is 5.64. The highest BCUT2D eigenvalue weighted by atomic mass is 79.9. The van der Waals surface area contributed by atoms with Crippen LogP contribution < -0.4 is 11.1 Å². The lowest BCUT2D eigenvalue weighted by Crippen LogP contribution is -2.36. The Morgan fingerprint density at radius 3 is 2.74 bits per heavy atom. The molecule has 106 valence electrons. The number of hydrogen-bond donors (Lipinski definition) is 2. The van der Waals surface area contributed by atoms with Crippen LogP contribution in [0.15, 0.2) is 22.7 Å². The Morgan fingerprint density at radius 2 is 2.16 bits per heavy atom. The number of rotatable bonds is 3. The van der Waals surface area contributed by atoms with Crippen molar-refractivity contribution >= 4 is 33.6 Å². The van der Waals surface area contributed by atoms with Gasteiger partial charge in [-0.1, -0.05) is 27.5 Å². The summed E-state index contributed by atoms with van der Waals surface area (Å²) in [5.74, 6) is 0. The second kappa shape index (κ2) is 6.59. The maximum absolute atomic E-state index is 11.5. The minimum absolute atomic E-state index is 0.272. The molecule has 0 saturated carbocycles. The highest BCUT2D eigenvalue weighted by Gasteiger charge is 2.17. The lowest BCUT2D eigenvalue weighted by atomic mass is 10.1. The standard InChI is InChI=1S/C13H18BrClN2O2/c1-13(2,3)19-12(18)17-7-11(16)9-6-8(15)4-5-10(9)14/h4-6,11H,7,16H2,1-3H3,(H,17,18). The third-order valence-corrected chi connectivity index (χ3v) is 3.18. The number of ether oxygens (including phenoxy) is 1. The first-order chi connectivity index (χ1) is 8.69. The number of alkyl carbamates (subject to hydrolysis) is 1. The Balaban J connectivity index is 2.58. The van der Waals surface area contributed by atoms with Crippen molar-refractivity contribution in [2.75, 3.05) is 6.54 Å². The van der Waals surface area contributed by atoms with Crippen LogP contribution in [0.25, 0.3) is 0 Å². The number of hydrogen-bond acceptors (Lipinski definition) is 3. The highest BCUT2D eigenvalue weighted by molar-refractivity contribution is 9.10. The van der Waals surface area contributed by atoms with E-state index in [9.17, 15) is 4.79 Å². The smallest absolute Gasteiger partial charge is 0.407 e. The summed E-state index contributed by atoms with van der Waals surface area (Å²) in [6, 6.07) is 5.00. The quantitative estimate of drug-likeness (QED) is 0.876. The van der Waals surface area contributed by atoms with Crippen molar-refractivity contribution in [3.05, 3.63) is 33.3 Å². The van der Waals surface area contributed by atoms with E-state index in [1.165, 1.54) is 0 Å². The van der Waals surface area contributed by atoms with E-state index in [0.29, 0.717) is 5.02 Å². The normalized spacial score (nSPS) is 12.9. The number of nitrogens with one attached hydrogen (secondary N) is 1. The molecule has 0 aliphatic rings. The predicted molar refractivity (Wildman–Crippen MR) is 80.3 cm³/mol. The summed E-state index contributed by atoms with van der Waals surface area (Å²) in [5.41, 5.74) is 6.33. The van der Waals surface area contributed by atoms with Gasteiger partial charge in [-0.3, -0.25) is 0 Å². The van der Waals surface area contributed by atoms with Crippen LogP contribution in [0.3, 0.4) is 0 Å². The molecule has 4 nitrogen and oxygen atoms in total. The molecule has 1 rings (SSSR count). The fourth-order valence-electron chi connectivity index (χ4n) is 1.42. The Morgan fingerprint density at radius 1 is 1.53 bits per heavy atom. The zero-order valence-electron chi connectivity index (χ0n) is 11.2. The van der Waals surface area contributed by atoms with Crippen LogP contribution >= 0.6 is 27.5 Å². The zero-order valence-corrected chi connectivity index (χ0v) is 13.5. The van der Waals surface area contributed by atoms with Gasteiger partial charge in [0.2, 0.25) is 0 Å². The van der Waals surface area contributed by atoms with Gasteiger partial charge >= 0.3 is 6.09 Å². The summed E-state index contributed by atoms with van der Waals surface area (Å²) in [5, 5.41) is 3.24. The molecule has 0 aliphatic carbocycles. The molecule has 6 heteroatoms. The van der Waals surface area contributed by atoms with Gasteiger partial charge in [0, 0.05) is 22.1 Å². The van der Waals surface area contributed by atoms with Gasteiger partial charge in [-0.25, -0.2) is 4.79 Å². The van der Waals surface area contributed by atoms with Gasteiger partial charge in [0.15, 0.2) is 0 Å². The van der Waals surface area contributed by atoms with Crippen LogP contribution in [0, 0.1) is 0 Å². The predicted octanol–water partition coefficient (Wildman–Crippen LogP) is 3.63. The van der Waals surface area contributed by atoms with Gasteiger partial charge in [0.05, 0.1) is 0 Å². The first kappa shape index (κ1) is 16.3. The van der Waals surface area contributed by atoms with Crippen LogP contribution in [0.4, 0.5) is 4.79 Å². The molecular formula is C13H18BrClN2O2. The summed E-state index contributed by atoms with van der Waals surface area (Å²) in [6.07, 6.45) is -0.485. The van der Waals surface area contributed by atoms with Crippen molar-refractivity contribution in [2.24, 2.45) is 5.73 Å². The van der Waals surface area contributed by atoms with Crippen LogP contribution in [-0.4, -0.2) is 18.2 Å². The first-order valence-corrected chi connectivity index (χ1v) is 7.03. The van der Waals surface area contributed by atoms with Gasteiger partial charge in [0.25, 0.3) is 0 Å². The molecule has 1 aromatic rings. The molecule has 0 saturated heterocycles. The van der Waals surface area contributed by atoms with Crippen LogP contribution in [0.5, 0.6) is 0 Å². The van der Waals surface area contributed by atoms with Gasteiger partial charge in [-0.15, -0.1) is 0 Å². The van der Waals surface area contributed by atoms with Crippen molar-refractivity contribution in [3.63, 3.8) is 0 Å². The average Bonchev–Trinajstić information content (AvgIpc) is 2.27. The monoisotopic (exact) mass is 348 g/mol. The summed E-state index contributed by atoms with van der Waals surface area (Å²) in [6.45, 7) is 5.69. The van der Waals surface area contributed by atoms with E-state index in [0.717, 1.165) is 10.0 Å². The van der Waals surface area contributed by atoms with Gasteiger partial charge in [0.1, 0.15) is 5.60 Å². The van der Waals surface area contributed by atoms with Crippen LogP contribution in [-0.2, 0) is 4.74 Å². The second-order valence-corrected chi connectivity index (χ2v) is 6.45. The molecule has 19 heavy (non-hydrogen) atoms. The summed E-state index contributed by atoms with van der Waals surface area (Å²) < 4.78 is 5.99. The third-order valence-electron chi connectivity index (χ3n) is 2.22.